The molecular formula is C17H22N2. The Morgan fingerprint density at radius 2 is 2.11 bits per heavy atom. The van der Waals surface area contributed by atoms with Gasteiger partial charge in [0.2, 0.25) is 0 Å². The van der Waals surface area contributed by atoms with Gasteiger partial charge in [0.1, 0.15) is 0 Å². The van der Waals surface area contributed by atoms with E-state index in [9.17, 15) is 0 Å². The monoisotopic (exact) mass is 254 g/mol. The Hall–Kier alpha value is -1.41. The first kappa shape index (κ1) is 12.6. The number of rotatable bonds is 3. The van der Waals surface area contributed by atoms with Crippen molar-refractivity contribution in [1.29, 1.82) is 0 Å². The molecule has 1 aliphatic rings. The Labute approximate surface area is 115 Å². The molecule has 1 aromatic heterocycles. The van der Waals surface area contributed by atoms with E-state index in [1.54, 1.807) is 0 Å². The number of nitrogens with one attached hydrogen (secondary N) is 1. The Kier molecular flexibility index (Phi) is 3.79. The number of hydrogen-bond donors (Lipinski definition) is 1. The highest BCUT2D eigenvalue weighted by molar-refractivity contribution is 5.85. The van der Waals surface area contributed by atoms with Crippen LogP contribution in [0.15, 0.2) is 36.7 Å². The first-order valence-corrected chi connectivity index (χ1v) is 7.46. The highest BCUT2D eigenvalue weighted by Crippen LogP contribution is 2.36. The number of benzene rings is 1. The van der Waals surface area contributed by atoms with Crippen LogP contribution in [0, 0.1) is 0 Å². The molecule has 3 rings (SSSR count). The molecule has 2 unspecified atom stereocenters. The van der Waals surface area contributed by atoms with Crippen LogP contribution in [-0.2, 0) is 0 Å². The maximum atomic E-state index is 4.24. The van der Waals surface area contributed by atoms with Crippen molar-refractivity contribution in [2.75, 3.05) is 6.54 Å². The smallest absolute Gasteiger partial charge is 0.0346 e. The van der Waals surface area contributed by atoms with Crippen LogP contribution in [0.25, 0.3) is 10.8 Å². The molecule has 19 heavy (non-hydrogen) atoms. The molecule has 1 heterocycles. The van der Waals surface area contributed by atoms with E-state index in [2.05, 4.69) is 41.5 Å². The Bertz CT molecular complexity index is 542. The number of pyridine rings is 1. The fourth-order valence-corrected chi connectivity index (χ4v) is 3.48. The topological polar surface area (TPSA) is 24.9 Å². The molecule has 2 heteroatoms. The Morgan fingerprint density at radius 1 is 1.21 bits per heavy atom. The SMILES string of the molecule is CCNC1CCCCC1c1cccc2cnccc12. The lowest BCUT2D eigenvalue weighted by atomic mass is 9.78. The fourth-order valence-electron chi connectivity index (χ4n) is 3.48. The van der Waals surface area contributed by atoms with E-state index in [1.165, 1.54) is 42.0 Å². The molecule has 2 atom stereocenters. The van der Waals surface area contributed by atoms with Crippen LogP contribution >= 0.6 is 0 Å². The predicted octanol–water partition coefficient (Wildman–Crippen LogP) is 3.87. The molecule has 1 fully saturated rings. The summed E-state index contributed by atoms with van der Waals surface area (Å²) in [5, 5.41) is 6.33. The van der Waals surface area contributed by atoms with Gasteiger partial charge in [0, 0.05) is 23.8 Å². The van der Waals surface area contributed by atoms with Gasteiger partial charge in [-0.3, -0.25) is 4.98 Å². The standard InChI is InChI=1S/C17H22N2/c1-2-19-17-9-4-3-7-16(17)15-8-5-6-13-12-18-11-10-14(13)15/h5-6,8,10-12,16-17,19H,2-4,7,9H2,1H3. The minimum atomic E-state index is 0.637. The molecule has 0 amide bonds. The average molecular weight is 254 g/mol. The molecule has 0 bridgehead atoms. The van der Waals surface area contributed by atoms with Crippen molar-refractivity contribution >= 4 is 10.8 Å². The predicted molar refractivity (Wildman–Crippen MR) is 80.4 cm³/mol. The highest BCUT2D eigenvalue weighted by atomic mass is 14.9. The number of hydrogen-bond acceptors (Lipinski definition) is 2. The van der Waals surface area contributed by atoms with E-state index < -0.39 is 0 Å². The summed E-state index contributed by atoms with van der Waals surface area (Å²) in [6.07, 6.45) is 9.22. The quantitative estimate of drug-likeness (QED) is 0.899. The molecular weight excluding hydrogens is 232 g/mol. The normalized spacial score (nSPS) is 23.6. The molecule has 1 aromatic carbocycles. The van der Waals surface area contributed by atoms with Gasteiger partial charge in [-0.1, -0.05) is 38.0 Å². The zero-order valence-corrected chi connectivity index (χ0v) is 11.6. The van der Waals surface area contributed by atoms with E-state index >= 15 is 0 Å². The summed E-state index contributed by atoms with van der Waals surface area (Å²) >= 11 is 0. The summed E-state index contributed by atoms with van der Waals surface area (Å²) in [4.78, 5) is 4.24. The molecule has 0 spiro atoms. The third-order valence-electron chi connectivity index (χ3n) is 4.35. The highest BCUT2D eigenvalue weighted by Gasteiger charge is 2.26. The first-order chi connectivity index (χ1) is 9.40. The van der Waals surface area contributed by atoms with Crippen LogP contribution in [0.4, 0.5) is 0 Å². The van der Waals surface area contributed by atoms with Crippen LogP contribution in [0.1, 0.15) is 44.1 Å². The van der Waals surface area contributed by atoms with Crippen molar-refractivity contribution in [3.05, 3.63) is 42.2 Å². The molecule has 1 N–H and O–H groups in total. The minimum Gasteiger partial charge on any atom is -0.314 e. The molecule has 0 radical (unpaired) electrons. The minimum absolute atomic E-state index is 0.637. The maximum Gasteiger partial charge on any atom is 0.0346 e. The molecule has 0 aliphatic heterocycles. The van der Waals surface area contributed by atoms with Gasteiger partial charge >= 0.3 is 0 Å². The van der Waals surface area contributed by atoms with Crippen LogP contribution < -0.4 is 5.32 Å². The van der Waals surface area contributed by atoms with Crippen LogP contribution in [0.5, 0.6) is 0 Å². The summed E-state index contributed by atoms with van der Waals surface area (Å²) in [5.74, 6) is 0.653. The van der Waals surface area contributed by atoms with E-state index in [-0.39, 0.29) is 0 Å². The number of aromatic nitrogens is 1. The lowest BCUT2D eigenvalue weighted by Gasteiger charge is -2.33. The van der Waals surface area contributed by atoms with Gasteiger partial charge in [0.15, 0.2) is 0 Å². The third kappa shape index (κ3) is 2.50. The van der Waals surface area contributed by atoms with Crippen molar-refractivity contribution in [2.24, 2.45) is 0 Å². The van der Waals surface area contributed by atoms with E-state index in [1.807, 2.05) is 12.4 Å². The van der Waals surface area contributed by atoms with E-state index in [4.69, 9.17) is 0 Å². The third-order valence-corrected chi connectivity index (χ3v) is 4.35. The summed E-state index contributed by atoms with van der Waals surface area (Å²) in [6.45, 7) is 3.27. The van der Waals surface area contributed by atoms with E-state index in [0.717, 1.165) is 6.54 Å². The summed E-state index contributed by atoms with van der Waals surface area (Å²) in [7, 11) is 0. The van der Waals surface area contributed by atoms with Gasteiger partial charge in [-0.2, -0.15) is 0 Å². The van der Waals surface area contributed by atoms with Gasteiger partial charge in [0.25, 0.3) is 0 Å². The average Bonchev–Trinajstić information content (AvgIpc) is 2.48. The molecule has 2 nitrogen and oxygen atoms in total. The summed E-state index contributed by atoms with van der Waals surface area (Å²) in [6, 6.07) is 9.45. The zero-order chi connectivity index (χ0) is 13.1. The van der Waals surface area contributed by atoms with Crippen LogP contribution in [0.2, 0.25) is 0 Å². The zero-order valence-electron chi connectivity index (χ0n) is 11.6. The lowest BCUT2D eigenvalue weighted by Crippen LogP contribution is -2.37. The van der Waals surface area contributed by atoms with Crippen molar-refractivity contribution < 1.29 is 0 Å². The number of fused-ring (bicyclic) bond motifs is 1. The van der Waals surface area contributed by atoms with Gasteiger partial charge in [-0.05, 0) is 42.3 Å². The maximum absolute atomic E-state index is 4.24. The number of likely N-dealkylation sites (N-methyl/N-ethyl adjacent to an activating group) is 1. The molecule has 1 saturated carbocycles. The molecule has 100 valence electrons. The van der Waals surface area contributed by atoms with Gasteiger partial charge in [0.05, 0.1) is 0 Å². The van der Waals surface area contributed by atoms with E-state index in [0.29, 0.717) is 12.0 Å². The Balaban J connectivity index is 2.02. The molecule has 0 saturated heterocycles. The largest absolute Gasteiger partial charge is 0.314 e. The van der Waals surface area contributed by atoms with Gasteiger partial charge < -0.3 is 5.32 Å². The second-order valence-corrected chi connectivity index (χ2v) is 5.50. The fraction of sp³-hybridized carbons (Fsp3) is 0.471. The second kappa shape index (κ2) is 5.70. The van der Waals surface area contributed by atoms with Crippen LogP contribution in [0.3, 0.4) is 0 Å². The molecule has 1 aliphatic carbocycles. The second-order valence-electron chi connectivity index (χ2n) is 5.50. The lowest BCUT2D eigenvalue weighted by molar-refractivity contribution is 0.334. The summed E-state index contributed by atoms with van der Waals surface area (Å²) in [5.41, 5.74) is 1.51. The number of nitrogens with zero attached hydrogens (tertiary/aromatic N) is 1. The van der Waals surface area contributed by atoms with Gasteiger partial charge in [-0.15, -0.1) is 0 Å². The van der Waals surface area contributed by atoms with Crippen molar-refractivity contribution in [2.45, 2.75) is 44.6 Å². The van der Waals surface area contributed by atoms with Crippen molar-refractivity contribution in [3.63, 3.8) is 0 Å². The summed E-state index contributed by atoms with van der Waals surface area (Å²) < 4.78 is 0. The van der Waals surface area contributed by atoms with Crippen LogP contribution in [-0.4, -0.2) is 17.6 Å². The first-order valence-electron chi connectivity index (χ1n) is 7.46. The Morgan fingerprint density at radius 3 is 3.00 bits per heavy atom. The van der Waals surface area contributed by atoms with Gasteiger partial charge in [-0.25, -0.2) is 0 Å². The molecule has 2 aromatic rings. The van der Waals surface area contributed by atoms with Crippen molar-refractivity contribution in [3.8, 4) is 0 Å². The van der Waals surface area contributed by atoms with Crippen molar-refractivity contribution in [1.82, 2.24) is 10.3 Å².